The van der Waals surface area contributed by atoms with Crippen LogP contribution in [0.3, 0.4) is 0 Å². The molecule has 1 unspecified atom stereocenters. The van der Waals surface area contributed by atoms with Crippen molar-refractivity contribution in [2.45, 2.75) is 32.7 Å². The van der Waals surface area contributed by atoms with Crippen molar-refractivity contribution < 1.29 is 32.4 Å². The average Bonchev–Trinajstić information content (AvgIpc) is 2.74. The molecule has 0 bridgehead atoms. The third-order valence-electron chi connectivity index (χ3n) is 4.66. The summed E-state index contributed by atoms with van der Waals surface area (Å²) in [6, 6.07) is 8.72. The SMILES string of the molecule is CNC(=O)C(NOC)c1cccc(C)c1CO/N=C(\C(C)=O)c1cccc(C(F)(F)F)c1. The zero-order chi connectivity index (χ0) is 23.9. The first-order valence-electron chi connectivity index (χ1n) is 9.57. The van der Waals surface area contributed by atoms with E-state index in [1.807, 2.05) is 0 Å². The molecule has 2 N–H and O–H groups in total. The van der Waals surface area contributed by atoms with Crippen molar-refractivity contribution >= 4 is 17.4 Å². The molecule has 0 saturated heterocycles. The molecule has 0 aromatic heterocycles. The van der Waals surface area contributed by atoms with Gasteiger partial charge >= 0.3 is 6.18 Å². The number of alkyl halides is 3. The molecule has 0 aliphatic heterocycles. The van der Waals surface area contributed by atoms with Gasteiger partial charge in [0.1, 0.15) is 12.6 Å². The van der Waals surface area contributed by atoms with Crippen molar-refractivity contribution in [2.24, 2.45) is 5.16 Å². The Bertz CT molecular complexity index is 1010. The van der Waals surface area contributed by atoms with Crippen molar-refractivity contribution in [2.75, 3.05) is 14.2 Å². The molecule has 1 atom stereocenters. The van der Waals surface area contributed by atoms with Crippen molar-refractivity contribution in [3.63, 3.8) is 0 Å². The van der Waals surface area contributed by atoms with Crippen LogP contribution in [0.2, 0.25) is 0 Å². The van der Waals surface area contributed by atoms with Gasteiger partial charge in [0.05, 0.1) is 12.7 Å². The second-order valence-electron chi connectivity index (χ2n) is 6.86. The first kappa shape index (κ1) is 25.0. The van der Waals surface area contributed by atoms with Gasteiger partial charge < -0.3 is 15.0 Å². The molecule has 7 nitrogen and oxygen atoms in total. The number of ketones is 1. The number of Topliss-reactive ketones (excluding diaryl/α,β-unsaturated/α-hetero) is 1. The summed E-state index contributed by atoms with van der Waals surface area (Å²) in [7, 11) is 2.86. The van der Waals surface area contributed by atoms with E-state index in [1.54, 1.807) is 25.1 Å². The maximum Gasteiger partial charge on any atom is 0.416 e. The van der Waals surface area contributed by atoms with Crippen molar-refractivity contribution in [1.29, 1.82) is 0 Å². The molecule has 10 heteroatoms. The minimum Gasteiger partial charge on any atom is -0.390 e. The Kier molecular flexibility index (Phi) is 8.50. The number of amides is 1. The van der Waals surface area contributed by atoms with E-state index in [0.717, 1.165) is 17.7 Å². The third-order valence-corrected chi connectivity index (χ3v) is 4.66. The van der Waals surface area contributed by atoms with E-state index < -0.39 is 23.6 Å². The molecule has 0 aliphatic carbocycles. The Labute approximate surface area is 183 Å². The van der Waals surface area contributed by atoms with E-state index in [9.17, 15) is 22.8 Å². The Hall–Kier alpha value is -3.24. The number of oxime groups is 1. The molecular weight excluding hydrogens is 427 g/mol. The highest BCUT2D eigenvalue weighted by Crippen LogP contribution is 2.30. The molecule has 2 rings (SSSR count). The first-order chi connectivity index (χ1) is 15.1. The third kappa shape index (κ3) is 6.14. The summed E-state index contributed by atoms with van der Waals surface area (Å²) in [5.74, 6) is -0.908. The number of hydrogen-bond donors (Lipinski definition) is 2. The van der Waals surface area contributed by atoms with Crippen LogP contribution >= 0.6 is 0 Å². The van der Waals surface area contributed by atoms with Crippen LogP contribution in [0.5, 0.6) is 0 Å². The fourth-order valence-corrected chi connectivity index (χ4v) is 3.04. The Morgan fingerprint density at radius 2 is 1.84 bits per heavy atom. The van der Waals surface area contributed by atoms with E-state index in [2.05, 4.69) is 16.0 Å². The van der Waals surface area contributed by atoms with Gasteiger partial charge in [-0.25, -0.2) is 0 Å². The number of likely N-dealkylation sites (N-methyl/N-ethyl adjacent to an activating group) is 1. The summed E-state index contributed by atoms with van der Waals surface area (Å²) in [6.45, 7) is 2.86. The molecule has 1 amide bonds. The molecule has 32 heavy (non-hydrogen) atoms. The van der Waals surface area contributed by atoms with Crippen LogP contribution in [0.1, 0.15) is 40.8 Å². The largest absolute Gasteiger partial charge is 0.416 e. The molecule has 0 heterocycles. The van der Waals surface area contributed by atoms with E-state index in [1.165, 1.54) is 33.2 Å². The number of rotatable bonds is 9. The molecule has 0 aliphatic rings. The number of aryl methyl sites for hydroxylation is 1. The molecule has 172 valence electrons. The smallest absolute Gasteiger partial charge is 0.390 e. The monoisotopic (exact) mass is 451 g/mol. The molecule has 2 aromatic rings. The number of halogens is 3. The summed E-state index contributed by atoms with van der Waals surface area (Å²) in [4.78, 5) is 34.6. The van der Waals surface area contributed by atoms with E-state index in [-0.39, 0.29) is 23.8 Å². The number of carbonyl (C=O) groups is 2. The molecule has 0 radical (unpaired) electrons. The summed E-state index contributed by atoms with van der Waals surface area (Å²) < 4.78 is 39.1. The normalized spacial score (nSPS) is 12.9. The lowest BCUT2D eigenvalue weighted by molar-refractivity contribution is -0.137. The van der Waals surface area contributed by atoms with Crippen LogP contribution in [0.4, 0.5) is 13.2 Å². The fraction of sp³-hybridized carbons (Fsp3) is 0.318. The lowest BCUT2D eigenvalue weighted by atomic mass is 9.96. The summed E-state index contributed by atoms with van der Waals surface area (Å²) >= 11 is 0. The molecule has 2 aromatic carbocycles. The highest BCUT2D eigenvalue weighted by atomic mass is 19.4. The molecule has 0 spiro atoms. The number of hydroxylamine groups is 1. The first-order valence-corrected chi connectivity index (χ1v) is 9.57. The van der Waals surface area contributed by atoms with Gasteiger partial charge in [-0.05, 0) is 30.2 Å². The highest BCUT2D eigenvalue weighted by Gasteiger charge is 2.31. The van der Waals surface area contributed by atoms with E-state index >= 15 is 0 Å². The van der Waals surface area contributed by atoms with Gasteiger partial charge in [0.25, 0.3) is 0 Å². The van der Waals surface area contributed by atoms with Crippen LogP contribution in [-0.2, 0) is 32.0 Å². The van der Waals surface area contributed by atoms with Crippen molar-refractivity contribution in [3.05, 3.63) is 70.3 Å². The van der Waals surface area contributed by atoms with Crippen molar-refractivity contribution in [1.82, 2.24) is 10.8 Å². The number of carbonyl (C=O) groups excluding carboxylic acids is 2. The minimum atomic E-state index is -4.56. The zero-order valence-electron chi connectivity index (χ0n) is 18.0. The Morgan fingerprint density at radius 3 is 2.44 bits per heavy atom. The number of nitrogens with one attached hydrogen (secondary N) is 2. The van der Waals surface area contributed by atoms with Gasteiger partial charge in [-0.1, -0.05) is 35.5 Å². The second kappa shape index (κ2) is 10.9. The summed E-state index contributed by atoms with van der Waals surface area (Å²) in [5.41, 5.74) is 3.42. The van der Waals surface area contributed by atoms with Crippen LogP contribution in [0.25, 0.3) is 0 Å². The molecule has 0 saturated carbocycles. The molecular formula is C22H24F3N3O4. The summed E-state index contributed by atoms with van der Waals surface area (Å²) in [6.07, 6.45) is -4.56. The number of benzene rings is 2. The van der Waals surface area contributed by atoms with Gasteiger partial charge in [0, 0.05) is 25.1 Å². The van der Waals surface area contributed by atoms with Gasteiger partial charge in [0.15, 0.2) is 11.5 Å². The lowest BCUT2D eigenvalue weighted by Gasteiger charge is -2.20. The van der Waals surface area contributed by atoms with Crippen molar-refractivity contribution in [3.8, 4) is 0 Å². The van der Waals surface area contributed by atoms with E-state index in [4.69, 9.17) is 9.68 Å². The quantitative estimate of drug-likeness (QED) is 0.450. The van der Waals surface area contributed by atoms with Gasteiger partial charge in [-0.15, -0.1) is 0 Å². The maximum absolute atomic E-state index is 13.0. The second-order valence-corrected chi connectivity index (χ2v) is 6.86. The van der Waals surface area contributed by atoms with E-state index in [0.29, 0.717) is 11.1 Å². The topological polar surface area (TPSA) is 89.0 Å². The van der Waals surface area contributed by atoms with Crippen LogP contribution in [0.15, 0.2) is 47.6 Å². The minimum absolute atomic E-state index is 0.0124. The average molecular weight is 451 g/mol. The number of nitrogens with zero attached hydrogens (tertiary/aromatic N) is 1. The zero-order valence-corrected chi connectivity index (χ0v) is 18.0. The van der Waals surface area contributed by atoms with Gasteiger partial charge in [0.2, 0.25) is 5.91 Å². The van der Waals surface area contributed by atoms with Crippen LogP contribution in [-0.4, -0.2) is 31.6 Å². The predicted octanol–water partition coefficient (Wildman–Crippen LogP) is 3.46. The van der Waals surface area contributed by atoms with Gasteiger partial charge in [-0.3, -0.25) is 9.59 Å². The standard InChI is InChI=1S/C22H24F3N3O4/c1-13-7-5-10-17(20(27-31-4)21(30)26-3)18(13)12-32-28-19(14(2)29)15-8-6-9-16(11-15)22(23,24)25/h5-11,20,27H,12H2,1-4H3,(H,26,30)/b28-19+. The molecule has 0 fully saturated rings. The Morgan fingerprint density at radius 1 is 1.16 bits per heavy atom. The highest BCUT2D eigenvalue weighted by molar-refractivity contribution is 6.45. The predicted molar refractivity (Wildman–Crippen MR) is 112 cm³/mol. The fourth-order valence-electron chi connectivity index (χ4n) is 3.04. The lowest BCUT2D eigenvalue weighted by Crippen LogP contribution is -2.36. The Balaban J connectivity index is 2.36. The maximum atomic E-state index is 13.0. The summed E-state index contributed by atoms with van der Waals surface area (Å²) in [5, 5.41) is 6.35. The van der Waals surface area contributed by atoms with Crippen LogP contribution < -0.4 is 10.8 Å². The van der Waals surface area contributed by atoms with Gasteiger partial charge in [-0.2, -0.15) is 18.7 Å². The van der Waals surface area contributed by atoms with Crippen LogP contribution in [0, 0.1) is 6.92 Å². The number of hydrogen-bond acceptors (Lipinski definition) is 6.